The zero-order valence-corrected chi connectivity index (χ0v) is 11.3. The summed E-state index contributed by atoms with van der Waals surface area (Å²) in [5.74, 6) is -1.42. The van der Waals surface area contributed by atoms with Gasteiger partial charge in [-0.25, -0.2) is 9.59 Å². The quantitative estimate of drug-likeness (QED) is 0.825. The fourth-order valence-corrected chi connectivity index (χ4v) is 2.71. The third-order valence-corrected chi connectivity index (χ3v) is 3.83. The first-order chi connectivity index (χ1) is 9.58. The van der Waals surface area contributed by atoms with Crippen molar-refractivity contribution in [2.45, 2.75) is 10.6 Å². The lowest BCUT2D eigenvalue weighted by Gasteiger charge is -2.06. The van der Waals surface area contributed by atoms with E-state index in [1.165, 1.54) is 17.8 Å². The van der Waals surface area contributed by atoms with Crippen LogP contribution in [-0.4, -0.2) is 22.2 Å². The van der Waals surface area contributed by atoms with E-state index < -0.39 is 11.9 Å². The van der Waals surface area contributed by atoms with Gasteiger partial charge in [0.15, 0.2) is 0 Å². The van der Waals surface area contributed by atoms with Crippen molar-refractivity contribution in [3.8, 4) is 0 Å². The molecule has 102 valence electrons. The van der Waals surface area contributed by atoms with Gasteiger partial charge in [0.25, 0.3) is 0 Å². The molecule has 0 bridgehead atoms. The maximum atomic E-state index is 11.1. The highest BCUT2D eigenvalue weighted by Crippen LogP contribution is 2.26. The molecule has 0 amide bonds. The summed E-state index contributed by atoms with van der Waals surface area (Å²) in [4.78, 5) is 22.6. The summed E-state index contributed by atoms with van der Waals surface area (Å²) in [6, 6.07) is 13.4. The Hall–Kier alpha value is -2.27. The van der Waals surface area contributed by atoms with E-state index in [2.05, 4.69) is 0 Å². The van der Waals surface area contributed by atoms with Gasteiger partial charge in [-0.2, -0.15) is 0 Å². The molecule has 0 saturated heterocycles. The van der Waals surface area contributed by atoms with Gasteiger partial charge in [0.05, 0.1) is 11.1 Å². The largest absolute Gasteiger partial charge is 0.478 e. The Morgan fingerprint density at radius 1 is 0.950 bits per heavy atom. The lowest BCUT2D eigenvalue weighted by molar-refractivity contribution is 0.0684. The average Bonchev–Trinajstić information content (AvgIpc) is 2.45. The number of benzene rings is 2. The highest BCUT2D eigenvalue weighted by molar-refractivity contribution is 7.98. The van der Waals surface area contributed by atoms with E-state index in [9.17, 15) is 9.59 Å². The van der Waals surface area contributed by atoms with E-state index in [0.29, 0.717) is 10.6 Å². The molecule has 0 aliphatic heterocycles. The smallest absolute Gasteiger partial charge is 0.336 e. The minimum atomic E-state index is -0.970. The highest BCUT2D eigenvalue weighted by atomic mass is 32.2. The van der Waals surface area contributed by atoms with Gasteiger partial charge < -0.3 is 10.2 Å². The molecular weight excluding hydrogens is 276 g/mol. The van der Waals surface area contributed by atoms with E-state index in [1.54, 1.807) is 36.4 Å². The number of carboxylic acids is 2. The van der Waals surface area contributed by atoms with Crippen molar-refractivity contribution in [1.82, 2.24) is 0 Å². The molecule has 4 nitrogen and oxygen atoms in total. The molecule has 0 atom stereocenters. The van der Waals surface area contributed by atoms with Crippen LogP contribution in [0.25, 0.3) is 0 Å². The summed E-state index contributed by atoms with van der Waals surface area (Å²) in [5.41, 5.74) is 1.33. The minimum absolute atomic E-state index is 0.231. The van der Waals surface area contributed by atoms with Gasteiger partial charge in [-0.15, -0.1) is 11.8 Å². The van der Waals surface area contributed by atoms with Crippen molar-refractivity contribution in [3.05, 3.63) is 65.2 Å². The average molecular weight is 288 g/mol. The van der Waals surface area contributed by atoms with E-state index >= 15 is 0 Å². The van der Waals surface area contributed by atoms with Gasteiger partial charge in [-0.1, -0.05) is 24.3 Å². The van der Waals surface area contributed by atoms with Crippen LogP contribution >= 0.6 is 11.8 Å². The maximum Gasteiger partial charge on any atom is 0.336 e. The minimum Gasteiger partial charge on any atom is -0.478 e. The number of hydrogen-bond donors (Lipinski definition) is 2. The van der Waals surface area contributed by atoms with Crippen molar-refractivity contribution in [1.29, 1.82) is 0 Å². The first-order valence-corrected chi connectivity index (χ1v) is 6.84. The van der Waals surface area contributed by atoms with Crippen molar-refractivity contribution >= 4 is 23.7 Å². The molecule has 0 saturated carbocycles. The van der Waals surface area contributed by atoms with Crippen molar-refractivity contribution < 1.29 is 19.8 Å². The number of carboxylic acid groups (broad SMARTS) is 2. The predicted octanol–water partition coefficient (Wildman–Crippen LogP) is 3.38. The Bertz CT molecular complexity index is 652. The number of hydrogen-bond acceptors (Lipinski definition) is 3. The van der Waals surface area contributed by atoms with Crippen LogP contribution in [0.5, 0.6) is 0 Å². The maximum absolute atomic E-state index is 11.1. The Morgan fingerprint density at radius 3 is 2.40 bits per heavy atom. The molecular formula is C15H12O4S. The van der Waals surface area contributed by atoms with Crippen LogP contribution in [0, 0.1) is 0 Å². The monoisotopic (exact) mass is 288 g/mol. The van der Waals surface area contributed by atoms with Gasteiger partial charge in [-0.3, -0.25) is 0 Å². The summed E-state index contributed by atoms with van der Waals surface area (Å²) in [7, 11) is 0. The first-order valence-electron chi connectivity index (χ1n) is 5.85. The molecule has 2 rings (SSSR count). The topological polar surface area (TPSA) is 74.6 Å². The van der Waals surface area contributed by atoms with Gasteiger partial charge in [0, 0.05) is 10.6 Å². The van der Waals surface area contributed by atoms with Crippen molar-refractivity contribution in [2.75, 3.05) is 0 Å². The molecule has 2 aromatic rings. The lowest BCUT2D eigenvalue weighted by Crippen LogP contribution is -1.99. The number of rotatable bonds is 5. The van der Waals surface area contributed by atoms with Gasteiger partial charge in [0.2, 0.25) is 0 Å². The van der Waals surface area contributed by atoms with Crippen LogP contribution < -0.4 is 0 Å². The van der Waals surface area contributed by atoms with E-state index in [0.717, 1.165) is 5.56 Å². The second-order valence-corrected chi connectivity index (χ2v) is 5.11. The molecule has 2 N–H and O–H groups in total. The first kappa shape index (κ1) is 14.1. The Balaban J connectivity index is 2.15. The Labute approximate surface area is 120 Å². The molecule has 0 heterocycles. The van der Waals surface area contributed by atoms with E-state index in [1.807, 2.05) is 6.07 Å². The van der Waals surface area contributed by atoms with Gasteiger partial charge in [0.1, 0.15) is 0 Å². The molecule has 0 aromatic heterocycles. The number of aromatic carboxylic acids is 2. The summed E-state index contributed by atoms with van der Waals surface area (Å²) in [6.45, 7) is 0. The van der Waals surface area contributed by atoms with E-state index in [-0.39, 0.29) is 11.1 Å². The summed E-state index contributed by atoms with van der Waals surface area (Å²) >= 11 is 1.38. The van der Waals surface area contributed by atoms with Crippen LogP contribution in [0.15, 0.2) is 53.4 Å². The number of thioether (sulfide) groups is 1. The zero-order chi connectivity index (χ0) is 14.5. The summed E-state index contributed by atoms with van der Waals surface area (Å²) < 4.78 is 0. The molecule has 20 heavy (non-hydrogen) atoms. The van der Waals surface area contributed by atoms with Gasteiger partial charge >= 0.3 is 11.9 Å². The van der Waals surface area contributed by atoms with Crippen LogP contribution in [0.4, 0.5) is 0 Å². The lowest BCUT2D eigenvalue weighted by atomic mass is 10.1. The molecule has 0 aliphatic carbocycles. The summed E-state index contributed by atoms with van der Waals surface area (Å²) in [6.07, 6.45) is 0. The Kier molecular flexibility index (Phi) is 4.42. The fourth-order valence-electron chi connectivity index (χ4n) is 1.72. The Morgan fingerprint density at radius 2 is 1.70 bits per heavy atom. The molecule has 0 fully saturated rings. The zero-order valence-electron chi connectivity index (χ0n) is 10.4. The standard InChI is InChI=1S/C15H12O4S/c16-14(17)11-5-3-4-10(8-11)9-20-13-7-2-1-6-12(13)15(18)19/h1-8H,9H2,(H,16,17)(H,18,19). The fraction of sp³-hybridized carbons (Fsp3) is 0.0667. The molecule has 0 spiro atoms. The van der Waals surface area contributed by atoms with Crippen LogP contribution in [0.1, 0.15) is 26.3 Å². The normalized spacial score (nSPS) is 10.2. The SMILES string of the molecule is O=C(O)c1cccc(CSc2ccccc2C(=O)O)c1. The third-order valence-electron chi connectivity index (χ3n) is 2.69. The molecule has 2 aromatic carbocycles. The second-order valence-electron chi connectivity index (χ2n) is 4.10. The number of carbonyl (C=O) groups is 2. The van der Waals surface area contributed by atoms with Crippen molar-refractivity contribution in [2.24, 2.45) is 0 Å². The molecule has 0 unspecified atom stereocenters. The van der Waals surface area contributed by atoms with E-state index in [4.69, 9.17) is 10.2 Å². The van der Waals surface area contributed by atoms with Crippen LogP contribution in [-0.2, 0) is 5.75 Å². The van der Waals surface area contributed by atoms with Gasteiger partial charge in [-0.05, 0) is 29.8 Å². The molecule has 0 radical (unpaired) electrons. The highest BCUT2D eigenvalue weighted by Gasteiger charge is 2.10. The van der Waals surface area contributed by atoms with Crippen LogP contribution in [0.3, 0.4) is 0 Å². The second kappa shape index (κ2) is 6.25. The van der Waals surface area contributed by atoms with Crippen molar-refractivity contribution in [3.63, 3.8) is 0 Å². The molecule has 0 aliphatic rings. The predicted molar refractivity (Wildman–Crippen MR) is 76.4 cm³/mol. The summed E-state index contributed by atoms with van der Waals surface area (Å²) in [5, 5.41) is 18.0. The third kappa shape index (κ3) is 3.39. The molecule has 5 heteroatoms. The van der Waals surface area contributed by atoms with Crippen LogP contribution in [0.2, 0.25) is 0 Å².